The minimum atomic E-state index is -0.850. The van der Waals surface area contributed by atoms with Crippen molar-refractivity contribution >= 4 is 11.9 Å². The Morgan fingerprint density at radius 1 is 1.11 bits per heavy atom. The number of hydrogen-bond acceptors (Lipinski definition) is 3. The third-order valence-electron chi connectivity index (χ3n) is 3.31. The molecule has 0 saturated heterocycles. The van der Waals surface area contributed by atoms with Gasteiger partial charge < -0.3 is 14.9 Å². The van der Waals surface area contributed by atoms with Crippen molar-refractivity contribution in [2.75, 3.05) is 32.7 Å². The van der Waals surface area contributed by atoms with Gasteiger partial charge in [-0.2, -0.15) is 0 Å². The Hall–Kier alpha value is -1.10. The van der Waals surface area contributed by atoms with Crippen LogP contribution in [0.3, 0.4) is 0 Å². The number of rotatable bonds is 10. The Labute approximate surface area is 116 Å². The lowest BCUT2D eigenvalue weighted by Gasteiger charge is -2.27. The Morgan fingerprint density at radius 2 is 1.68 bits per heavy atom. The molecule has 5 nitrogen and oxygen atoms in total. The van der Waals surface area contributed by atoms with Crippen molar-refractivity contribution in [3.8, 4) is 0 Å². The summed E-state index contributed by atoms with van der Waals surface area (Å²) >= 11 is 0. The second-order valence-corrected chi connectivity index (χ2v) is 4.86. The number of aliphatic carboxylic acids is 1. The van der Waals surface area contributed by atoms with E-state index in [4.69, 9.17) is 5.11 Å². The number of carbonyl (C=O) groups excluding carboxylic acids is 1. The highest BCUT2D eigenvalue weighted by molar-refractivity contribution is 5.77. The molecular formula is C14H28N2O3. The van der Waals surface area contributed by atoms with Crippen molar-refractivity contribution < 1.29 is 14.7 Å². The van der Waals surface area contributed by atoms with E-state index in [-0.39, 0.29) is 5.91 Å². The maximum absolute atomic E-state index is 12.0. The van der Waals surface area contributed by atoms with Crippen LogP contribution in [0.4, 0.5) is 0 Å². The summed E-state index contributed by atoms with van der Waals surface area (Å²) in [5.41, 5.74) is 0. The maximum atomic E-state index is 12.0. The zero-order chi connectivity index (χ0) is 14.8. The van der Waals surface area contributed by atoms with Gasteiger partial charge in [-0.15, -0.1) is 0 Å². The summed E-state index contributed by atoms with van der Waals surface area (Å²) < 4.78 is 0. The molecule has 1 unspecified atom stereocenters. The van der Waals surface area contributed by atoms with E-state index in [0.717, 1.165) is 26.1 Å². The van der Waals surface area contributed by atoms with E-state index in [2.05, 4.69) is 18.7 Å². The highest BCUT2D eigenvalue weighted by Gasteiger charge is 2.20. The van der Waals surface area contributed by atoms with Gasteiger partial charge in [0.15, 0.2) is 0 Å². The van der Waals surface area contributed by atoms with Gasteiger partial charge in [-0.25, -0.2) is 0 Å². The molecule has 0 aromatic rings. The topological polar surface area (TPSA) is 60.9 Å². The summed E-state index contributed by atoms with van der Waals surface area (Å²) in [6, 6.07) is 0. The first kappa shape index (κ1) is 17.9. The Balaban J connectivity index is 4.49. The van der Waals surface area contributed by atoms with Gasteiger partial charge in [0, 0.05) is 26.1 Å². The van der Waals surface area contributed by atoms with Crippen LogP contribution in [0.2, 0.25) is 0 Å². The van der Waals surface area contributed by atoms with E-state index in [1.54, 1.807) is 11.8 Å². The fourth-order valence-electron chi connectivity index (χ4n) is 1.90. The predicted octanol–water partition coefficient (Wildman–Crippen LogP) is 1.68. The Morgan fingerprint density at radius 3 is 2.11 bits per heavy atom. The average Bonchev–Trinajstić information content (AvgIpc) is 2.38. The molecule has 0 spiro atoms. The number of carboxylic acids is 1. The molecule has 0 bridgehead atoms. The van der Waals surface area contributed by atoms with Crippen molar-refractivity contribution in [2.45, 2.75) is 40.5 Å². The van der Waals surface area contributed by atoms with Crippen LogP contribution in [-0.2, 0) is 9.59 Å². The number of likely N-dealkylation sites (N-methyl/N-ethyl adjacent to an activating group) is 1. The van der Waals surface area contributed by atoms with Gasteiger partial charge in [0.25, 0.3) is 0 Å². The summed E-state index contributed by atoms with van der Waals surface area (Å²) in [4.78, 5) is 26.9. The number of carboxylic acid groups (broad SMARTS) is 1. The van der Waals surface area contributed by atoms with Crippen LogP contribution in [0.1, 0.15) is 40.5 Å². The molecule has 0 aromatic carbocycles. The molecule has 1 amide bonds. The van der Waals surface area contributed by atoms with Crippen LogP contribution in [0, 0.1) is 5.92 Å². The minimum Gasteiger partial charge on any atom is -0.481 e. The van der Waals surface area contributed by atoms with Gasteiger partial charge in [-0.3, -0.25) is 9.59 Å². The van der Waals surface area contributed by atoms with E-state index >= 15 is 0 Å². The van der Waals surface area contributed by atoms with Gasteiger partial charge in [-0.05, 0) is 19.5 Å². The molecule has 112 valence electrons. The zero-order valence-corrected chi connectivity index (χ0v) is 12.7. The van der Waals surface area contributed by atoms with Gasteiger partial charge in [0.05, 0.1) is 5.92 Å². The molecule has 0 radical (unpaired) electrons. The molecule has 5 heteroatoms. The van der Waals surface area contributed by atoms with Crippen molar-refractivity contribution in [3.05, 3.63) is 0 Å². The molecule has 0 saturated carbocycles. The van der Waals surface area contributed by atoms with Gasteiger partial charge in [-0.1, -0.05) is 27.7 Å². The molecule has 0 fully saturated rings. The number of carbonyl (C=O) groups is 2. The van der Waals surface area contributed by atoms with Crippen LogP contribution >= 0.6 is 0 Å². The summed E-state index contributed by atoms with van der Waals surface area (Å²) in [5, 5.41) is 8.96. The SMILES string of the molecule is CCCC(=O)N(CCN(CC)CC)CC(C)C(=O)O. The van der Waals surface area contributed by atoms with Gasteiger partial charge in [0.1, 0.15) is 0 Å². The Bertz CT molecular complexity index is 278. The molecule has 0 rings (SSSR count). The van der Waals surface area contributed by atoms with E-state index < -0.39 is 11.9 Å². The van der Waals surface area contributed by atoms with E-state index in [1.807, 2.05) is 6.92 Å². The quantitative estimate of drug-likeness (QED) is 0.657. The Kier molecular flexibility index (Phi) is 9.21. The average molecular weight is 272 g/mol. The molecular weight excluding hydrogens is 244 g/mol. The van der Waals surface area contributed by atoms with Crippen molar-refractivity contribution in [1.82, 2.24) is 9.80 Å². The highest BCUT2D eigenvalue weighted by Crippen LogP contribution is 2.05. The van der Waals surface area contributed by atoms with E-state index in [0.29, 0.717) is 19.5 Å². The predicted molar refractivity (Wildman–Crippen MR) is 76.1 cm³/mol. The number of nitrogens with zero attached hydrogens (tertiary/aromatic N) is 2. The van der Waals surface area contributed by atoms with Crippen molar-refractivity contribution in [2.24, 2.45) is 5.92 Å². The third kappa shape index (κ3) is 7.15. The molecule has 0 aliphatic carbocycles. The summed E-state index contributed by atoms with van der Waals surface area (Å²) in [5.74, 6) is -1.31. The maximum Gasteiger partial charge on any atom is 0.308 e. The molecule has 0 heterocycles. The fraction of sp³-hybridized carbons (Fsp3) is 0.857. The highest BCUT2D eigenvalue weighted by atomic mass is 16.4. The monoisotopic (exact) mass is 272 g/mol. The fourth-order valence-corrected chi connectivity index (χ4v) is 1.90. The van der Waals surface area contributed by atoms with Crippen LogP contribution in [-0.4, -0.2) is 59.5 Å². The lowest BCUT2D eigenvalue weighted by molar-refractivity contribution is -0.143. The van der Waals surface area contributed by atoms with Crippen LogP contribution in [0.15, 0.2) is 0 Å². The smallest absolute Gasteiger partial charge is 0.308 e. The molecule has 0 aliphatic rings. The van der Waals surface area contributed by atoms with Crippen LogP contribution in [0.25, 0.3) is 0 Å². The number of amides is 1. The van der Waals surface area contributed by atoms with E-state index in [1.165, 1.54) is 0 Å². The standard InChI is InChI=1S/C14H28N2O3/c1-5-8-13(17)16(11-12(4)14(18)19)10-9-15(6-2)7-3/h12H,5-11H2,1-4H3,(H,18,19). The largest absolute Gasteiger partial charge is 0.481 e. The second-order valence-electron chi connectivity index (χ2n) is 4.86. The number of hydrogen-bond donors (Lipinski definition) is 1. The lowest BCUT2D eigenvalue weighted by atomic mass is 10.1. The first-order valence-corrected chi connectivity index (χ1v) is 7.19. The molecule has 1 N–H and O–H groups in total. The van der Waals surface area contributed by atoms with E-state index in [9.17, 15) is 9.59 Å². The summed E-state index contributed by atoms with van der Waals surface area (Å²) in [7, 11) is 0. The summed E-state index contributed by atoms with van der Waals surface area (Å²) in [6.07, 6.45) is 1.28. The second kappa shape index (κ2) is 9.78. The molecule has 1 atom stereocenters. The van der Waals surface area contributed by atoms with Gasteiger partial charge in [0.2, 0.25) is 5.91 Å². The first-order chi connectivity index (χ1) is 8.96. The van der Waals surface area contributed by atoms with Crippen LogP contribution < -0.4 is 0 Å². The minimum absolute atomic E-state index is 0.0581. The van der Waals surface area contributed by atoms with Crippen molar-refractivity contribution in [1.29, 1.82) is 0 Å². The molecule has 19 heavy (non-hydrogen) atoms. The lowest BCUT2D eigenvalue weighted by Crippen LogP contribution is -2.42. The molecule has 0 aromatic heterocycles. The van der Waals surface area contributed by atoms with Crippen LogP contribution in [0.5, 0.6) is 0 Å². The summed E-state index contributed by atoms with van der Waals surface area (Å²) in [6.45, 7) is 11.4. The normalized spacial score (nSPS) is 12.5. The van der Waals surface area contributed by atoms with Crippen molar-refractivity contribution in [3.63, 3.8) is 0 Å². The third-order valence-corrected chi connectivity index (χ3v) is 3.31. The van der Waals surface area contributed by atoms with Gasteiger partial charge >= 0.3 is 5.97 Å². The molecule has 0 aliphatic heterocycles. The first-order valence-electron chi connectivity index (χ1n) is 7.19. The zero-order valence-electron chi connectivity index (χ0n) is 12.7.